The molecule has 0 radical (unpaired) electrons. The second kappa shape index (κ2) is 11.0. The monoisotopic (exact) mass is 376 g/mol. The fraction of sp³-hybridized carbons (Fsp3) is 1.00. The van der Waals surface area contributed by atoms with Gasteiger partial charge in [0.15, 0.2) is 12.5 Å². The smallest absolute Gasteiger partial charge is 0.280 e. The largest absolute Gasteiger partial charge is 0.349 e. The molecule has 0 aliphatic carbocycles. The third-order valence-corrected chi connectivity index (χ3v) is 4.18. The summed E-state index contributed by atoms with van der Waals surface area (Å²) >= 11 is 6.23. The summed E-state index contributed by atoms with van der Waals surface area (Å²) in [5.41, 5.74) is 15.8. The lowest BCUT2D eigenvalue weighted by Crippen LogP contribution is -2.40. The van der Waals surface area contributed by atoms with Crippen molar-refractivity contribution in [3.63, 3.8) is 0 Å². The zero-order chi connectivity index (χ0) is 17.2. The number of hydroxylamine groups is 2. The van der Waals surface area contributed by atoms with E-state index >= 15 is 0 Å². The molecule has 2 aliphatic rings. The third-order valence-electron chi connectivity index (χ3n) is 2.89. The first-order chi connectivity index (χ1) is 10.4. The van der Waals surface area contributed by atoms with E-state index in [2.05, 4.69) is 33.2 Å². The molecule has 0 aromatic rings. The maximum absolute atomic E-state index is 9.16. The van der Waals surface area contributed by atoms with Crippen LogP contribution in [0.2, 0.25) is 0 Å². The minimum Gasteiger partial charge on any atom is -0.349 e. The van der Waals surface area contributed by atoms with Gasteiger partial charge in [0.2, 0.25) is 0 Å². The number of thioether (sulfide) groups is 2. The second-order valence-electron chi connectivity index (χ2n) is 4.58. The first-order valence-corrected chi connectivity index (χ1v) is 9.51. The minimum absolute atomic E-state index is 0.319. The minimum atomic E-state index is -1.23. The first kappa shape index (κ1) is 22.4. The molecule has 9 nitrogen and oxygen atoms in total. The van der Waals surface area contributed by atoms with E-state index in [9.17, 15) is 0 Å². The van der Waals surface area contributed by atoms with Crippen molar-refractivity contribution in [1.29, 1.82) is 0 Å². The number of nitrogens with one attached hydrogen (secondary N) is 2. The van der Waals surface area contributed by atoms with Gasteiger partial charge < -0.3 is 21.7 Å². The zero-order valence-electron chi connectivity index (χ0n) is 12.5. The molecule has 2 unspecified atom stereocenters. The van der Waals surface area contributed by atoms with Gasteiger partial charge in [-0.3, -0.25) is 0 Å². The Morgan fingerprint density at radius 3 is 1.45 bits per heavy atom. The molecule has 0 aromatic carbocycles. The molecule has 2 aliphatic heterocycles. The Hall–Kier alpha value is 0.400. The Kier molecular flexibility index (Phi) is 11.2. The Bertz CT molecular complexity index is 282. The second-order valence-corrected chi connectivity index (χ2v) is 6.55. The summed E-state index contributed by atoms with van der Waals surface area (Å²) in [5, 5.41) is 18.3. The lowest BCUT2D eigenvalue weighted by Gasteiger charge is -2.10. The SMILES string of the molecule is CSCC[C@H](N)C1(O)NO1.CSCC[C@H](N)C1(O)NO1.O=S. The highest BCUT2D eigenvalue weighted by atomic mass is 32.2. The fourth-order valence-electron chi connectivity index (χ4n) is 1.29. The summed E-state index contributed by atoms with van der Waals surface area (Å²) in [4.78, 5) is 9.05. The van der Waals surface area contributed by atoms with Crippen LogP contribution in [0.15, 0.2) is 0 Å². The Balaban J connectivity index is 0.000000360. The molecular weight excluding hydrogens is 352 g/mol. The van der Waals surface area contributed by atoms with Gasteiger partial charge in [-0.15, -0.1) is 11.0 Å². The molecule has 2 heterocycles. The van der Waals surface area contributed by atoms with Gasteiger partial charge >= 0.3 is 0 Å². The maximum Gasteiger partial charge on any atom is 0.280 e. The van der Waals surface area contributed by atoms with Gasteiger partial charge in [-0.1, -0.05) is 0 Å². The quantitative estimate of drug-likeness (QED) is 0.261. The van der Waals surface area contributed by atoms with Gasteiger partial charge in [-0.25, -0.2) is 9.68 Å². The molecule has 0 saturated carbocycles. The number of hydrogen-bond donors (Lipinski definition) is 6. The molecule has 2 fully saturated rings. The molecule has 0 aromatic heterocycles. The molecule has 4 atom stereocenters. The van der Waals surface area contributed by atoms with E-state index in [0.29, 0.717) is 0 Å². The molecule has 0 spiro atoms. The van der Waals surface area contributed by atoms with Gasteiger partial charge in [0.05, 0.1) is 12.1 Å². The van der Waals surface area contributed by atoms with Gasteiger partial charge in [0.1, 0.15) is 0 Å². The number of hydrogen-bond acceptors (Lipinski definition) is 12. The van der Waals surface area contributed by atoms with Crippen molar-refractivity contribution in [3.05, 3.63) is 0 Å². The normalized spacial score (nSPS) is 31.0. The average molecular weight is 377 g/mol. The number of nitrogens with two attached hydrogens (primary N) is 2. The van der Waals surface area contributed by atoms with Crippen LogP contribution >= 0.6 is 23.5 Å². The standard InChI is InChI=1S/2C5H12N2O2S.OS/c2*1-10-3-2-4(6)5(8)7-9-5;1-2/h2*4,7-8H,2-3,6H2,1H3;/t2*4-,5?;/m00./s1. The van der Waals surface area contributed by atoms with Crippen LogP contribution in [0.25, 0.3) is 0 Å². The van der Waals surface area contributed by atoms with E-state index in [1.165, 1.54) is 0 Å². The van der Waals surface area contributed by atoms with Crippen LogP contribution in [0.4, 0.5) is 0 Å². The topological polar surface area (TPSA) is 179 Å². The van der Waals surface area contributed by atoms with Crippen LogP contribution < -0.4 is 22.4 Å². The van der Waals surface area contributed by atoms with E-state index in [1.807, 2.05) is 12.5 Å². The van der Waals surface area contributed by atoms with Crippen molar-refractivity contribution in [3.8, 4) is 0 Å². The van der Waals surface area contributed by atoms with E-state index in [1.54, 1.807) is 23.5 Å². The number of aliphatic hydroxyl groups is 2. The molecule has 12 heteroatoms. The maximum atomic E-state index is 9.16. The molecule has 22 heavy (non-hydrogen) atoms. The van der Waals surface area contributed by atoms with Gasteiger partial charge in [0.25, 0.3) is 11.8 Å². The van der Waals surface area contributed by atoms with E-state index in [4.69, 9.17) is 25.9 Å². The number of rotatable bonds is 8. The Morgan fingerprint density at radius 1 is 1.00 bits per heavy atom. The molecule has 132 valence electrons. The summed E-state index contributed by atoms with van der Waals surface area (Å²) in [5.74, 6) is -0.575. The van der Waals surface area contributed by atoms with Crippen LogP contribution in [0.1, 0.15) is 12.8 Å². The fourth-order valence-corrected chi connectivity index (χ4v) is 2.27. The predicted octanol–water partition coefficient (Wildman–Crippen LogP) is -1.84. The highest BCUT2D eigenvalue weighted by Gasteiger charge is 2.49. The van der Waals surface area contributed by atoms with Crippen LogP contribution in [0.5, 0.6) is 0 Å². The van der Waals surface area contributed by atoms with E-state index in [0.717, 1.165) is 24.3 Å². The summed E-state index contributed by atoms with van der Waals surface area (Å²) in [6.45, 7) is 0. The molecule has 2 rings (SSSR count). The summed E-state index contributed by atoms with van der Waals surface area (Å²) in [7, 11) is 0. The summed E-state index contributed by atoms with van der Waals surface area (Å²) < 4.78 is 7.83. The average Bonchev–Trinajstić information content (AvgIpc) is 3.45. The van der Waals surface area contributed by atoms with E-state index in [-0.39, 0.29) is 12.1 Å². The highest BCUT2D eigenvalue weighted by Crippen LogP contribution is 2.21. The zero-order valence-corrected chi connectivity index (χ0v) is 14.9. The first-order valence-electron chi connectivity index (χ1n) is 6.38. The Morgan fingerprint density at radius 2 is 1.27 bits per heavy atom. The molecule has 2 saturated heterocycles. The van der Waals surface area contributed by atoms with Crippen molar-refractivity contribution < 1.29 is 24.1 Å². The third kappa shape index (κ3) is 8.31. The van der Waals surface area contributed by atoms with E-state index < -0.39 is 11.8 Å². The lowest BCUT2D eigenvalue weighted by atomic mass is 10.2. The molecular formula is C10H24N4O5S3. The van der Waals surface area contributed by atoms with Crippen LogP contribution in [-0.2, 0) is 22.2 Å². The van der Waals surface area contributed by atoms with Gasteiger partial charge in [0, 0.05) is 0 Å². The van der Waals surface area contributed by atoms with Crippen molar-refractivity contribution in [2.45, 2.75) is 36.7 Å². The van der Waals surface area contributed by atoms with Gasteiger partial charge in [-0.2, -0.15) is 27.7 Å². The van der Waals surface area contributed by atoms with Crippen LogP contribution in [-0.4, -0.2) is 62.3 Å². The van der Waals surface area contributed by atoms with Crippen LogP contribution in [0.3, 0.4) is 0 Å². The highest BCUT2D eigenvalue weighted by molar-refractivity contribution is 7.98. The summed E-state index contributed by atoms with van der Waals surface area (Å²) in [6, 6.07) is -0.639. The van der Waals surface area contributed by atoms with Crippen molar-refractivity contribution >= 4 is 36.1 Å². The molecule has 8 N–H and O–H groups in total. The molecule has 0 amide bonds. The Labute approximate surface area is 143 Å². The van der Waals surface area contributed by atoms with Crippen molar-refractivity contribution in [1.82, 2.24) is 11.0 Å². The summed E-state index contributed by atoms with van der Waals surface area (Å²) in [6.07, 6.45) is 5.51. The predicted molar refractivity (Wildman–Crippen MR) is 88.4 cm³/mol. The van der Waals surface area contributed by atoms with Crippen LogP contribution in [0, 0.1) is 0 Å². The molecule has 0 bridgehead atoms. The lowest BCUT2D eigenvalue weighted by molar-refractivity contribution is 0.0115. The van der Waals surface area contributed by atoms with Crippen molar-refractivity contribution in [2.24, 2.45) is 11.5 Å². The van der Waals surface area contributed by atoms with Gasteiger partial charge in [-0.05, 0) is 36.9 Å². The van der Waals surface area contributed by atoms with Crippen molar-refractivity contribution in [2.75, 3.05) is 24.0 Å².